The smallest absolute Gasteiger partial charge is 0.295 e. The molecule has 3 aromatic rings. The SMILES string of the molecule is [C-]#[N+]N=C1CC(=O)C(N=Nc2ccc(N=Nc3ccc(/C=C/c4ccc(C)cc4)c(S(=O)(=O)O)c3)cc2)C(=O)N1. The Hall–Kier alpha value is -5.19. The van der Waals surface area contributed by atoms with Crippen LogP contribution in [0.1, 0.15) is 23.1 Å². The van der Waals surface area contributed by atoms with Crippen LogP contribution >= 0.6 is 0 Å². The van der Waals surface area contributed by atoms with E-state index in [1.54, 1.807) is 30.4 Å². The highest BCUT2D eigenvalue weighted by atomic mass is 32.2. The van der Waals surface area contributed by atoms with Crippen molar-refractivity contribution in [2.45, 2.75) is 24.3 Å². The molecule has 0 aromatic heterocycles. The summed E-state index contributed by atoms with van der Waals surface area (Å²) < 4.78 is 33.7. The van der Waals surface area contributed by atoms with Crippen LogP contribution in [-0.2, 0) is 19.7 Å². The maximum atomic E-state index is 12.1. The number of rotatable bonds is 7. The van der Waals surface area contributed by atoms with Gasteiger partial charge in [-0.05, 0) is 54.4 Å². The van der Waals surface area contributed by atoms with E-state index < -0.39 is 27.9 Å². The number of azo groups is 2. The zero-order valence-corrected chi connectivity index (χ0v) is 21.8. The molecule has 1 unspecified atom stereocenters. The normalized spacial score (nSPS) is 17.1. The molecule has 200 valence electrons. The summed E-state index contributed by atoms with van der Waals surface area (Å²) in [6.07, 6.45) is 3.11. The fraction of sp³-hybridized carbons (Fsp3) is 0.111. The number of ketones is 1. The van der Waals surface area contributed by atoms with Crippen LogP contribution in [0.5, 0.6) is 0 Å². The van der Waals surface area contributed by atoms with Crippen LogP contribution in [0.3, 0.4) is 0 Å². The molecule has 1 heterocycles. The summed E-state index contributed by atoms with van der Waals surface area (Å²) in [5.74, 6) is -1.27. The molecule has 1 atom stereocenters. The number of hydrogen-bond donors (Lipinski definition) is 2. The van der Waals surface area contributed by atoms with Crippen molar-refractivity contribution in [2.75, 3.05) is 0 Å². The van der Waals surface area contributed by atoms with Crippen LogP contribution in [0.4, 0.5) is 17.1 Å². The van der Waals surface area contributed by atoms with Gasteiger partial charge in [-0.3, -0.25) is 14.1 Å². The van der Waals surface area contributed by atoms with Crippen LogP contribution in [0.25, 0.3) is 17.1 Å². The molecular formula is C27H21N7O5S. The Labute approximate surface area is 229 Å². The Morgan fingerprint density at radius 1 is 0.925 bits per heavy atom. The second kappa shape index (κ2) is 12.1. The topological polar surface area (TPSA) is 167 Å². The van der Waals surface area contributed by atoms with Crippen molar-refractivity contribution in [3.8, 4) is 0 Å². The van der Waals surface area contributed by atoms with E-state index in [1.807, 2.05) is 31.2 Å². The number of carbonyl (C=O) groups is 2. The van der Waals surface area contributed by atoms with Gasteiger partial charge < -0.3 is 5.32 Å². The van der Waals surface area contributed by atoms with Gasteiger partial charge >= 0.3 is 0 Å². The summed E-state index contributed by atoms with van der Waals surface area (Å²) in [6.45, 7) is 8.65. The average Bonchev–Trinajstić information content (AvgIpc) is 2.92. The maximum Gasteiger partial charge on any atom is 0.295 e. The molecule has 1 amide bonds. The number of piperidine rings is 1. The predicted molar refractivity (Wildman–Crippen MR) is 147 cm³/mol. The van der Waals surface area contributed by atoms with Crippen molar-refractivity contribution < 1.29 is 22.6 Å². The highest BCUT2D eigenvalue weighted by Crippen LogP contribution is 2.27. The zero-order chi connectivity index (χ0) is 28.7. The average molecular weight is 556 g/mol. The van der Waals surface area contributed by atoms with Gasteiger partial charge in [0.25, 0.3) is 16.0 Å². The van der Waals surface area contributed by atoms with Crippen molar-refractivity contribution in [2.24, 2.45) is 25.6 Å². The van der Waals surface area contributed by atoms with Gasteiger partial charge in [-0.2, -0.15) is 35.4 Å². The van der Waals surface area contributed by atoms with Gasteiger partial charge in [0.2, 0.25) is 6.04 Å². The maximum absolute atomic E-state index is 12.1. The molecule has 13 heteroatoms. The first-order valence-corrected chi connectivity index (χ1v) is 13.1. The standard InChI is InChI=1S/C27H21N7O5S/c1-17-3-5-18(6-4-17)7-8-19-9-10-22(15-24(19)40(37,38)39)32-30-20-11-13-21(14-12-20)31-34-26-23(35)16-25(33-28-2)29-27(26)36/h3-15,26H,16H2,1H3,(H,29,33,36)(H,37,38,39)/b8-7+,32-30?,34-31?. The molecule has 40 heavy (non-hydrogen) atoms. The number of benzene rings is 3. The second-order valence-electron chi connectivity index (χ2n) is 8.55. The van der Waals surface area contributed by atoms with Crippen LogP contribution in [0.2, 0.25) is 0 Å². The lowest BCUT2D eigenvalue weighted by molar-refractivity contribution is -0.130. The number of aryl methyl sites for hydroxylation is 1. The molecule has 12 nitrogen and oxygen atoms in total. The minimum Gasteiger partial charge on any atom is -0.306 e. The van der Waals surface area contributed by atoms with Crippen LogP contribution in [0.15, 0.2) is 97.2 Å². The lowest BCUT2D eigenvalue weighted by Gasteiger charge is -2.15. The number of carbonyl (C=O) groups excluding carboxylic acids is 2. The number of amidine groups is 1. The Balaban J connectivity index is 1.46. The van der Waals surface area contributed by atoms with Crippen molar-refractivity contribution in [3.05, 3.63) is 94.9 Å². The van der Waals surface area contributed by atoms with Gasteiger partial charge in [-0.25, -0.2) is 0 Å². The fourth-order valence-corrected chi connectivity index (χ4v) is 4.24. The lowest BCUT2D eigenvalue weighted by Crippen LogP contribution is -2.48. The minimum absolute atomic E-state index is 0.0248. The predicted octanol–water partition coefficient (Wildman–Crippen LogP) is 5.60. The monoisotopic (exact) mass is 555 g/mol. The summed E-state index contributed by atoms with van der Waals surface area (Å²) in [5, 5.41) is 21.5. The Bertz CT molecular complexity index is 1700. The van der Waals surface area contributed by atoms with Crippen LogP contribution in [-0.4, -0.2) is 36.5 Å². The van der Waals surface area contributed by atoms with E-state index in [-0.39, 0.29) is 28.4 Å². The van der Waals surface area contributed by atoms with Gasteiger partial charge in [0.1, 0.15) is 10.00 Å². The summed E-state index contributed by atoms with van der Waals surface area (Å²) >= 11 is 0. The minimum atomic E-state index is -4.53. The Morgan fingerprint density at radius 3 is 2.17 bits per heavy atom. The van der Waals surface area contributed by atoms with Gasteiger partial charge in [-0.15, -0.1) is 4.95 Å². The first kappa shape index (κ1) is 27.8. The highest BCUT2D eigenvalue weighted by molar-refractivity contribution is 7.86. The summed E-state index contributed by atoms with van der Waals surface area (Å²) in [6, 6.07) is 16.8. The molecular weight excluding hydrogens is 534 g/mol. The first-order chi connectivity index (χ1) is 19.1. The van der Waals surface area contributed by atoms with E-state index in [0.717, 1.165) is 11.1 Å². The third-order valence-electron chi connectivity index (χ3n) is 5.56. The Morgan fingerprint density at radius 2 is 1.55 bits per heavy atom. The van der Waals surface area contributed by atoms with Gasteiger partial charge in [0.05, 0.1) is 23.5 Å². The molecule has 2 N–H and O–H groups in total. The van der Waals surface area contributed by atoms with E-state index in [2.05, 4.69) is 35.8 Å². The first-order valence-electron chi connectivity index (χ1n) is 11.7. The molecule has 0 bridgehead atoms. The number of nitrogens with one attached hydrogen (secondary N) is 1. The molecule has 1 fully saturated rings. The van der Waals surface area contributed by atoms with E-state index in [1.165, 1.54) is 24.3 Å². The van der Waals surface area contributed by atoms with Crippen LogP contribution < -0.4 is 5.32 Å². The molecule has 1 aliphatic rings. The van der Waals surface area contributed by atoms with Gasteiger partial charge in [0, 0.05) is 0 Å². The summed E-state index contributed by atoms with van der Waals surface area (Å²) in [4.78, 5) is 26.7. The fourth-order valence-electron chi connectivity index (χ4n) is 3.54. The number of nitrogens with zero attached hydrogens (tertiary/aromatic N) is 6. The molecule has 1 aliphatic heterocycles. The number of hydrogen-bond acceptors (Lipinski definition) is 9. The van der Waals surface area contributed by atoms with E-state index in [0.29, 0.717) is 11.4 Å². The quantitative estimate of drug-likeness (QED) is 0.0965. The number of Topliss-reactive ketones (excluding diaryl/α,β-unsaturated/α-hetero) is 1. The van der Waals surface area contributed by atoms with E-state index in [9.17, 15) is 22.6 Å². The number of amides is 1. The molecule has 0 aliphatic carbocycles. The summed E-state index contributed by atoms with van der Waals surface area (Å²) in [5.41, 5.74) is 3.20. The van der Waals surface area contributed by atoms with E-state index in [4.69, 9.17) is 6.57 Å². The van der Waals surface area contributed by atoms with Crippen molar-refractivity contribution in [1.82, 2.24) is 5.32 Å². The highest BCUT2D eigenvalue weighted by Gasteiger charge is 2.34. The molecule has 0 saturated carbocycles. The van der Waals surface area contributed by atoms with Crippen molar-refractivity contribution in [1.29, 1.82) is 0 Å². The lowest BCUT2D eigenvalue weighted by atomic mass is 10.1. The largest absolute Gasteiger partial charge is 0.306 e. The van der Waals surface area contributed by atoms with Crippen molar-refractivity contribution >= 4 is 56.9 Å². The van der Waals surface area contributed by atoms with Crippen LogP contribution in [0, 0.1) is 13.5 Å². The second-order valence-corrected chi connectivity index (χ2v) is 9.94. The molecule has 4 rings (SSSR count). The summed E-state index contributed by atoms with van der Waals surface area (Å²) in [7, 11) is -4.53. The Kier molecular flexibility index (Phi) is 8.43. The molecule has 0 spiro atoms. The van der Waals surface area contributed by atoms with Crippen molar-refractivity contribution in [3.63, 3.8) is 0 Å². The van der Waals surface area contributed by atoms with E-state index >= 15 is 0 Å². The molecule has 1 saturated heterocycles. The van der Waals surface area contributed by atoms with Gasteiger partial charge in [0.15, 0.2) is 11.6 Å². The third kappa shape index (κ3) is 7.22. The molecule has 3 aromatic carbocycles. The third-order valence-corrected chi connectivity index (χ3v) is 6.47. The zero-order valence-electron chi connectivity index (χ0n) is 21.0. The van der Waals surface area contributed by atoms with Gasteiger partial charge in [-0.1, -0.05) is 48.0 Å². The molecule has 0 radical (unpaired) electrons.